The van der Waals surface area contributed by atoms with Gasteiger partial charge in [-0.25, -0.2) is 18.2 Å². The van der Waals surface area contributed by atoms with Crippen molar-refractivity contribution in [2.75, 3.05) is 32.1 Å². The van der Waals surface area contributed by atoms with E-state index in [0.29, 0.717) is 13.2 Å². The lowest BCUT2D eigenvalue weighted by Crippen LogP contribution is -2.43. The fraction of sp³-hybridized carbons (Fsp3) is 0.900. The molecule has 0 aromatic carbocycles. The van der Waals surface area contributed by atoms with Crippen LogP contribution in [0, 0.1) is 0 Å². The minimum absolute atomic E-state index is 0.0155. The maximum atomic E-state index is 11.9. The Labute approximate surface area is 102 Å². The standard InChI is InChI=1S/C10H18N2O4S/c1-2-16-6-7-17(14,15)12-5-3-4-10(8-12)11-9-13/h10H,2-8H2,1H3. The average molecular weight is 262 g/mol. The van der Waals surface area contributed by atoms with Gasteiger partial charge in [-0.2, -0.15) is 4.31 Å². The molecule has 1 heterocycles. The van der Waals surface area contributed by atoms with Gasteiger partial charge in [0.2, 0.25) is 16.1 Å². The van der Waals surface area contributed by atoms with Crippen LogP contribution >= 0.6 is 0 Å². The van der Waals surface area contributed by atoms with Crippen molar-refractivity contribution in [1.82, 2.24) is 4.31 Å². The molecular formula is C10H18N2O4S. The highest BCUT2D eigenvalue weighted by Crippen LogP contribution is 2.16. The van der Waals surface area contributed by atoms with Gasteiger partial charge in [0, 0.05) is 19.7 Å². The third-order valence-corrected chi connectivity index (χ3v) is 4.48. The van der Waals surface area contributed by atoms with Gasteiger partial charge in [0.05, 0.1) is 18.4 Å². The van der Waals surface area contributed by atoms with Gasteiger partial charge in [-0.1, -0.05) is 0 Å². The Morgan fingerprint density at radius 3 is 2.94 bits per heavy atom. The lowest BCUT2D eigenvalue weighted by atomic mass is 10.1. The van der Waals surface area contributed by atoms with Crippen LogP contribution in [-0.2, 0) is 19.6 Å². The van der Waals surface area contributed by atoms with Crippen molar-refractivity contribution in [3.05, 3.63) is 0 Å². The Bertz CT molecular complexity index is 376. The first-order valence-electron chi connectivity index (χ1n) is 5.72. The monoisotopic (exact) mass is 262 g/mol. The van der Waals surface area contributed by atoms with Crippen LogP contribution in [-0.4, -0.2) is 56.9 Å². The molecule has 0 saturated carbocycles. The van der Waals surface area contributed by atoms with E-state index in [1.54, 1.807) is 0 Å². The van der Waals surface area contributed by atoms with Crippen LogP contribution in [0.1, 0.15) is 19.8 Å². The molecule has 1 atom stereocenters. The van der Waals surface area contributed by atoms with Crippen molar-refractivity contribution >= 4 is 16.1 Å². The predicted octanol–water partition coefficient (Wildman–Crippen LogP) is 0.153. The molecule has 98 valence electrons. The van der Waals surface area contributed by atoms with Crippen molar-refractivity contribution in [3.63, 3.8) is 0 Å². The molecule has 7 heteroatoms. The van der Waals surface area contributed by atoms with Crippen molar-refractivity contribution in [1.29, 1.82) is 0 Å². The van der Waals surface area contributed by atoms with E-state index < -0.39 is 10.0 Å². The SMILES string of the molecule is CCOCCS(=O)(=O)N1CCCC(N=C=O)C1. The molecule has 1 fully saturated rings. The van der Waals surface area contributed by atoms with Crippen molar-refractivity contribution in [2.45, 2.75) is 25.8 Å². The largest absolute Gasteiger partial charge is 0.381 e. The molecule has 17 heavy (non-hydrogen) atoms. The highest BCUT2D eigenvalue weighted by molar-refractivity contribution is 7.89. The first kappa shape index (κ1) is 14.3. The second kappa shape index (κ2) is 6.86. The molecule has 0 aromatic heterocycles. The molecule has 1 unspecified atom stereocenters. The summed E-state index contributed by atoms with van der Waals surface area (Å²) in [5, 5.41) is 0. The highest BCUT2D eigenvalue weighted by Gasteiger charge is 2.28. The molecule has 0 aromatic rings. The van der Waals surface area contributed by atoms with Crippen LogP contribution in [0.15, 0.2) is 4.99 Å². The zero-order valence-corrected chi connectivity index (χ0v) is 10.8. The number of rotatable bonds is 6. The Kier molecular flexibility index (Phi) is 5.77. The Morgan fingerprint density at radius 2 is 2.29 bits per heavy atom. The number of aliphatic imine (C=N–C) groups is 1. The predicted molar refractivity (Wildman–Crippen MR) is 63.0 cm³/mol. The number of nitrogens with zero attached hydrogens (tertiary/aromatic N) is 2. The number of sulfonamides is 1. The molecule has 6 nitrogen and oxygen atoms in total. The van der Waals surface area contributed by atoms with E-state index in [2.05, 4.69) is 4.99 Å². The first-order valence-corrected chi connectivity index (χ1v) is 7.33. The van der Waals surface area contributed by atoms with E-state index in [1.165, 1.54) is 10.4 Å². The molecule has 1 aliphatic heterocycles. The fourth-order valence-electron chi connectivity index (χ4n) is 1.79. The minimum Gasteiger partial charge on any atom is -0.381 e. The highest BCUT2D eigenvalue weighted by atomic mass is 32.2. The second-order valence-electron chi connectivity index (χ2n) is 3.89. The Balaban J connectivity index is 2.55. The quantitative estimate of drug-likeness (QED) is 0.388. The van der Waals surface area contributed by atoms with Crippen LogP contribution < -0.4 is 0 Å². The van der Waals surface area contributed by atoms with Gasteiger partial charge >= 0.3 is 0 Å². The zero-order chi connectivity index (χ0) is 12.7. The molecular weight excluding hydrogens is 244 g/mol. The summed E-state index contributed by atoms with van der Waals surface area (Å²) < 4.78 is 30.3. The average Bonchev–Trinajstić information content (AvgIpc) is 2.30. The lowest BCUT2D eigenvalue weighted by molar-refractivity contribution is 0.162. The molecule has 0 N–H and O–H groups in total. The summed E-state index contributed by atoms with van der Waals surface area (Å²) >= 11 is 0. The first-order chi connectivity index (χ1) is 8.10. The molecule has 0 spiro atoms. The Hall–Kier alpha value is -0.750. The summed E-state index contributed by atoms with van der Waals surface area (Å²) in [6, 6.07) is -0.247. The molecule has 0 amide bonds. The third kappa shape index (κ3) is 4.55. The summed E-state index contributed by atoms with van der Waals surface area (Å²) in [5.41, 5.74) is 0. The normalized spacial score (nSPS) is 22.1. The number of isocyanates is 1. The Morgan fingerprint density at radius 1 is 1.53 bits per heavy atom. The van der Waals surface area contributed by atoms with Crippen LogP contribution in [0.5, 0.6) is 0 Å². The van der Waals surface area contributed by atoms with Crippen molar-refractivity contribution in [2.24, 2.45) is 4.99 Å². The van der Waals surface area contributed by atoms with Gasteiger partial charge < -0.3 is 4.74 Å². The molecule has 1 saturated heterocycles. The van der Waals surface area contributed by atoms with E-state index in [0.717, 1.165) is 12.8 Å². The van der Waals surface area contributed by atoms with E-state index >= 15 is 0 Å². The maximum absolute atomic E-state index is 11.9. The van der Waals surface area contributed by atoms with Gasteiger partial charge in [-0.3, -0.25) is 0 Å². The zero-order valence-electron chi connectivity index (χ0n) is 9.96. The third-order valence-electron chi connectivity index (χ3n) is 2.68. The summed E-state index contributed by atoms with van der Waals surface area (Å²) in [6.07, 6.45) is 2.96. The van der Waals surface area contributed by atoms with Crippen LogP contribution in [0.25, 0.3) is 0 Å². The number of ether oxygens (including phenoxy) is 1. The molecule has 0 aliphatic carbocycles. The molecule has 1 rings (SSSR count). The topological polar surface area (TPSA) is 76.0 Å². The van der Waals surface area contributed by atoms with Gasteiger partial charge in [0.1, 0.15) is 0 Å². The summed E-state index contributed by atoms with van der Waals surface area (Å²) in [7, 11) is -3.29. The summed E-state index contributed by atoms with van der Waals surface area (Å²) in [6.45, 7) is 3.32. The second-order valence-corrected chi connectivity index (χ2v) is 5.98. The van der Waals surface area contributed by atoms with E-state index in [1.807, 2.05) is 6.92 Å². The van der Waals surface area contributed by atoms with Gasteiger partial charge in [0.25, 0.3) is 0 Å². The number of hydrogen-bond acceptors (Lipinski definition) is 5. The van der Waals surface area contributed by atoms with Gasteiger partial charge in [0.15, 0.2) is 0 Å². The summed E-state index contributed by atoms with van der Waals surface area (Å²) in [4.78, 5) is 13.8. The van der Waals surface area contributed by atoms with E-state index in [9.17, 15) is 13.2 Å². The molecule has 0 radical (unpaired) electrons. The van der Waals surface area contributed by atoms with E-state index in [-0.39, 0.29) is 24.9 Å². The fourth-order valence-corrected chi connectivity index (χ4v) is 3.18. The van der Waals surface area contributed by atoms with Crippen LogP contribution in [0.2, 0.25) is 0 Å². The molecule has 0 bridgehead atoms. The molecule has 1 aliphatic rings. The maximum Gasteiger partial charge on any atom is 0.235 e. The van der Waals surface area contributed by atoms with Crippen LogP contribution in [0.3, 0.4) is 0 Å². The van der Waals surface area contributed by atoms with Crippen LogP contribution in [0.4, 0.5) is 0 Å². The smallest absolute Gasteiger partial charge is 0.235 e. The number of hydrogen-bond donors (Lipinski definition) is 0. The minimum atomic E-state index is -3.29. The van der Waals surface area contributed by atoms with Gasteiger partial charge in [-0.05, 0) is 19.8 Å². The summed E-state index contributed by atoms with van der Waals surface area (Å²) in [5.74, 6) is -0.0155. The van der Waals surface area contributed by atoms with Crippen molar-refractivity contribution in [3.8, 4) is 0 Å². The van der Waals surface area contributed by atoms with Gasteiger partial charge in [-0.15, -0.1) is 0 Å². The number of piperidine rings is 1. The van der Waals surface area contributed by atoms with E-state index in [4.69, 9.17) is 4.74 Å². The van der Waals surface area contributed by atoms with Crippen molar-refractivity contribution < 1.29 is 17.9 Å². The lowest BCUT2D eigenvalue weighted by Gasteiger charge is -2.29. The number of carbonyl (C=O) groups excluding carboxylic acids is 1.